The highest BCUT2D eigenvalue weighted by Crippen LogP contribution is 2.00. The molecule has 0 saturated carbocycles. The maximum atomic E-state index is 12.1. The molecule has 0 bridgehead atoms. The smallest absolute Gasteiger partial charge is 0.331 e. The van der Waals surface area contributed by atoms with Crippen molar-refractivity contribution in [2.24, 2.45) is 0 Å². The summed E-state index contributed by atoms with van der Waals surface area (Å²) in [4.78, 5) is 32.2. The Bertz CT molecular complexity index is 687. The Kier molecular flexibility index (Phi) is 4.29. The predicted octanol–water partition coefficient (Wildman–Crippen LogP) is 0.300. The largest absolute Gasteiger partial charge is 0.369 e. The van der Waals surface area contributed by atoms with E-state index in [-0.39, 0.29) is 17.8 Å². The summed E-state index contributed by atoms with van der Waals surface area (Å²) >= 11 is 0. The molecule has 0 aliphatic rings. The molecule has 0 unspecified atom stereocenters. The van der Waals surface area contributed by atoms with E-state index in [1.165, 1.54) is 16.8 Å². The molecule has 0 atom stereocenters. The second-order valence-corrected chi connectivity index (χ2v) is 4.23. The van der Waals surface area contributed by atoms with Crippen LogP contribution in [0.3, 0.4) is 0 Å². The fourth-order valence-electron chi connectivity index (χ4n) is 1.81. The Balaban J connectivity index is 2.30. The lowest BCUT2D eigenvalue weighted by atomic mass is 10.4. The highest BCUT2D eigenvalue weighted by molar-refractivity contribution is 5.30. The standard InChI is InChI=1S/C13H17N5O2/c1-3-14-11-8-15-10(7-16-11)9-18-12(19)5-6-17(4-2)13(18)20/h5-8H,3-4,9H2,1-2H3,(H,14,16). The van der Waals surface area contributed by atoms with Crippen LogP contribution in [0.4, 0.5) is 5.82 Å². The molecule has 0 spiro atoms. The molecule has 0 aromatic carbocycles. The summed E-state index contributed by atoms with van der Waals surface area (Å²) < 4.78 is 2.63. The quantitative estimate of drug-likeness (QED) is 0.848. The van der Waals surface area contributed by atoms with Crippen molar-refractivity contribution in [2.75, 3.05) is 11.9 Å². The molecule has 7 nitrogen and oxygen atoms in total. The molecule has 20 heavy (non-hydrogen) atoms. The molecular formula is C13H17N5O2. The molecular weight excluding hydrogens is 258 g/mol. The molecule has 2 rings (SSSR count). The van der Waals surface area contributed by atoms with E-state index in [0.717, 1.165) is 11.1 Å². The molecule has 2 aromatic heterocycles. The van der Waals surface area contributed by atoms with Gasteiger partial charge < -0.3 is 9.88 Å². The van der Waals surface area contributed by atoms with Crippen LogP contribution in [-0.4, -0.2) is 25.6 Å². The predicted molar refractivity (Wildman–Crippen MR) is 75.9 cm³/mol. The fourth-order valence-corrected chi connectivity index (χ4v) is 1.81. The van der Waals surface area contributed by atoms with Crippen LogP contribution in [-0.2, 0) is 13.1 Å². The van der Waals surface area contributed by atoms with Crippen LogP contribution in [0.25, 0.3) is 0 Å². The Morgan fingerprint density at radius 2 is 2.00 bits per heavy atom. The van der Waals surface area contributed by atoms with Gasteiger partial charge in [-0.15, -0.1) is 0 Å². The lowest BCUT2D eigenvalue weighted by molar-refractivity contribution is 0.593. The summed E-state index contributed by atoms with van der Waals surface area (Å²) in [5, 5.41) is 3.03. The van der Waals surface area contributed by atoms with Crippen molar-refractivity contribution in [3.05, 3.63) is 51.2 Å². The minimum Gasteiger partial charge on any atom is -0.369 e. The first kappa shape index (κ1) is 14.0. The number of hydrogen-bond acceptors (Lipinski definition) is 5. The van der Waals surface area contributed by atoms with Crippen LogP contribution in [0.5, 0.6) is 0 Å². The van der Waals surface area contributed by atoms with Gasteiger partial charge in [-0.25, -0.2) is 9.78 Å². The second kappa shape index (κ2) is 6.14. The van der Waals surface area contributed by atoms with Crippen LogP contribution >= 0.6 is 0 Å². The SMILES string of the molecule is CCNc1cnc(Cn2c(=O)ccn(CC)c2=O)cn1. The number of anilines is 1. The van der Waals surface area contributed by atoms with Gasteiger partial charge in [0.1, 0.15) is 5.82 Å². The van der Waals surface area contributed by atoms with Gasteiger partial charge in [0.25, 0.3) is 5.56 Å². The highest BCUT2D eigenvalue weighted by Gasteiger charge is 2.06. The van der Waals surface area contributed by atoms with E-state index in [0.29, 0.717) is 18.1 Å². The van der Waals surface area contributed by atoms with Crippen molar-refractivity contribution >= 4 is 5.82 Å². The molecule has 2 aromatic rings. The second-order valence-electron chi connectivity index (χ2n) is 4.23. The fraction of sp³-hybridized carbons (Fsp3) is 0.385. The first-order valence-electron chi connectivity index (χ1n) is 6.50. The zero-order valence-corrected chi connectivity index (χ0v) is 11.5. The van der Waals surface area contributed by atoms with Gasteiger partial charge in [-0.3, -0.25) is 14.3 Å². The van der Waals surface area contributed by atoms with Crippen molar-refractivity contribution in [1.29, 1.82) is 0 Å². The van der Waals surface area contributed by atoms with Crippen molar-refractivity contribution in [1.82, 2.24) is 19.1 Å². The minimum atomic E-state index is -0.336. The van der Waals surface area contributed by atoms with Gasteiger partial charge in [0.05, 0.1) is 24.6 Å². The van der Waals surface area contributed by atoms with E-state index >= 15 is 0 Å². The van der Waals surface area contributed by atoms with Gasteiger partial charge in [-0.2, -0.15) is 0 Å². The summed E-state index contributed by atoms with van der Waals surface area (Å²) in [6.07, 6.45) is 4.65. The molecule has 0 saturated heterocycles. The maximum absolute atomic E-state index is 12.1. The van der Waals surface area contributed by atoms with Gasteiger partial charge in [0, 0.05) is 25.4 Å². The van der Waals surface area contributed by atoms with E-state index in [9.17, 15) is 9.59 Å². The van der Waals surface area contributed by atoms with Crippen molar-refractivity contribution in [3.8, 4) is 0 Å². The Labute approximate surface area is 115 Å². The molecule has 106 valence electrons. The number of hydrogen-bond donors (Lipinski definition) is 1. The molecule has 1 N–H and O–H groups in total. The van der Waals surface area contributed by atoms with Crippen LogP contribution in [0, 0.1) is 0 Å². The summed E-state index contributed by atoms with van der Waals surface area (Å²) in [7, 11) is 0. The average molecular weight is 275 g/mol. The number of nitrogens with one attached hydrogen (secondary N) is 1. The Morgan fingerprint density at radius 3 is 2.60 bits per heavy atom. The molecule has 0 amide bonds. The molecule has 0 aliphatic carbocycles. The van der Waals surface area contributed by atoms with E-state index < -0.39 is 0 Å². The van der Waals surface area contributed by atoms with Crippen molar-refractivity contribution in [3.63, 3.8) is 0 Å². The maximum Gasteiger partial charge on any atom is 0.331 e. The number of nitrogens with zero attached hydrogens (tertiary/aromatic N) is 4. The zero-order valence-electron chi connectivity index (χ0n) is 11.5. The van der Waals surface area contributed by atoms with Crippen LogP contribution in [0.1, 0.15) is 19.5 Å². The van der Waals surface area contributed by atoms with E-state index in [1.807, 2.05) is 13.8 Å². The lowest BCUT2D eigenvalue weighted by Crippen LogP contribution is -2.39. The molecule has 2 heterocycles. The molecule has 0 fully saturated rings. The van der Waals surface area contributed by atoms with Gasteiger partial charge in [-0.05, 0) is 13.8 Å². The van der Waals surface area contributed by atoms with Crippen LogP contribution in [0.2, 0.25) is 0 Å². The number of aryl methyl sites for hydroxylation is 1. The van der Waals surface area contributed by atoms with Crippen LogP contribution in [0.15, 0.2) is 34.2 Å². The topological polar surface area (TPSA) is 81.8 Å². The summed E-state index contributed by atoms with van der Waals surface area (Å²) in [5.74, 6) is 0.669. The third kappa shape index (κ3) is 2.93. The van der Waals surface area contributed by atoms with Crippen molar-refractivity contribution < 1.29 is 0 Å². The normalized spacial score (nSPS) is 10.5. The van der Waals surface area contributed by atoms with Gasteiger partial charge in [0.15, 0.2) is 0 Å². The molecule has 7 heteroatoms. The monoisotopic (exact) mass is 275 g/mol. The number of rotatable bonds is 5. The Hall–Kier alpha value is -2.44. The Morgan fingerprint density at radius 1 is 1.20 bits per heavy atom. The summed E-state index contributed by atoms with van der Waals surface area (Å²) in [6.45, 7) is 5.21. The van der Waals surface area contributed by atoms with Crippen LogP contribution < -0.4 is 16.6 Å². The first-order chi connectivity index (χ1) is 9.65. The third-order valence-electron chi connectivity index (χ3n) is 2.86. The van der Waals surface area contributed by atoms with Crippen molar-refractivity contribution in [2.45, 2.75) is 26.9 Å². The van der Waals surface area contributed by atoms with Gasteiger partial charge in [-0.1, -0.05) is 0 Å². The number of aromatic nitrogens is 4. The third-order valence-corrected chi connectivity index (χ3v) is 2.86. The summed E-state index contributed by atoms with van der Waals surface area (Å²) in [5.41, 5.74) is -0.102. The average Bonchev–Trinajstić information content (AvgIpc) is 2.46. The first-order valence-corrected chi connectivity index (χ1v) is 6.50. The van der Waals surface area contributed by atoms with E-state index in [2.05, 4.69) is 15.3 Å². The van der Waals surface area contributed by atoms with E-state index in [1.54, 1.807) is 12.4 Å². The van der Waals surface area contributed by atoms with E-state index in [4.69, 9.17) is 0 Å². The highest BCUT2D eigenvalue weighted by atomic mass is 16.2. The van der Waals surface area contributed by atoms with Gasteiger partial charge >= 0.3 is 5.69 Å². The van der Waals surface area contributed by atoms with Gasteiger partial charge in [0.2, 0.25) is 0 Å². The minimum absolute atomic E-state index is 0.123. The molecule has 0 radical (unpaired) electrons. The lowest BCUT2D eigenvalue weighted by Gasteiger charge is -2.08. The molecule has 0 aliphatic heterocycles. The summed E-state index contributed by atoms with van der Waals surface area (Å²) in [6, 6.07) is 1.38. The zero-order chi connectivity index (χ0) is 14.5.